The van der Waals surface area contributed by atoms with Crippen LogP contribution in [0.5, 0.6) is 0 Å². The van der Waals surface area contributed by atoms with Gasteiger partial charge in [0.1, 0.15) is 17.0 Å². The molecule has 0 fully saturated rings. The van der Waals surface area contributed by atoms with Crippen molar-refractivity contribution in [2.45, 2.75) is 0 Å². The first kappa shape index (κ1) is 13.2. The number of fused-ring (bicyclic) bond motifs is 2. The normalized spacial score (nSPS) is 12.9. The number of carbonyl (C=O) groups excluding carboxylic acids is 2. The van der Waals surface area contributed by atoms with Crippen LogP contribution in [0.25, 0.3) is 11.3 Å². The van der Waals surface area contributed by atoms with E-state index >= 15 is 0 Å². The molecule has 0 atom stereocenters. The zero-order chi connectivity index (χ0) is 16.1. The number of rotatable bonds is 1. The number of pyridine rings is 1. The number of nitrogens with one attached hydrogen (secondary N) is 1. The van der Waals surface area contributed by atoms with Gasteiger partial charge in [0.2, 0.25) is 22.9 Å². The predicted octanol–water partition coefficient (Wildman–Crippen LogP) is 1.39. The van der Waals surface area contributed by atoms with Gasteiger partial charge in [0.15, 0.2) is 0 Å². The minimum atomic E-state index is -0.568. The Morgan fingerprint density at radius 3 is 2.43 bits per heavy atom. The lowest BCUT2D eigenvalue weighted by Crippen LogP contribution is -2.24. The van der Waals surface area contributed by atoms with Gasteiger partial charge in [-0.3, -0.25) is 14.4 Å². The quantitative estimate of drug-likeness (QED) is 0.513. The highest BCUT2D eigenvalue weighted by Gasteiger charge is 2.37. The lowest BCUT2D eigenvalue weighted by molar-refractivity contribution is 0.0950. The number of H-pyrrole nitrogens is 1. The summed E-state index contributed by atoms with van der Waals surface area (Å²) in [6.07, 6.45) is 0. The predicted molar refractivity (Wildman–Crippen MR) is 80.3 cm³/mol. The number of anilines is 1. The molecular weight excluding hydrogens is 298 g/mol. The Morgan fingerprint density at radius 2 is 1.70 bits per heavy atom. The molecule has 0 radical (unpaired) electrons. The van der Waals surface area contributed by atoms with Crippen LogP contribution < -0.4 is 11.3 Å². The number of benzene rings is 1. The van der Waals surface area contributed by atoms with E-state index in [2.05, 4.69) is 10.1 Å². The van der Waals surface area contributed by atoms with Crippen LogP contribution in [-0.2, 0) is 0 Å². The summed E-state index contributed by atoms with van der Waals surface area (Å²) in [5.74, 6) is -1.16. The van der Waals surface area contributed by atoms with E-state index in [1.54, 1.807) is 24.3 Å². The number of nitrogen functional groups attached to an aromatic ring is 1. The van der Waals surface area contributed by atoms with E-state index in [1.807, 2.05) is 0 Å². The van der Waals surface area contributed by atoms with E-state index in [0.717, 1.165) is 0 Å². The molecule has 2 heterocycles. The Bertz CT molecular complexity index is 1030. The van der Waals surface area contributed by atoms with Gasteiger partial charge in [-0.1, -0.05) is 17.3 Å². The lowest BCUT2D eigenvalue weighted by Gasteiger charge is -2.12. The Balaban J connectivity index is 1.95. The minimum Gasteiger partial charge on any atom is -0.399 e. The van der Waals surface area contributed by atoms with Crippen molar-refractivity contribution in [1.82, 2.24) is 10.1 Å². The van der Waals surface area contributed by atoms with Gasteiger partial charge in [0.05, 0.1) is 5.56 Å². The number of hydrogen-bond acceptors (Lipinski definition) is 6. The van der Waals surface area contributed by atoms with E-state index in [4.69, 9.17) is 10.3 Å². The summed E-state index contributed by atoms with van der Waals surface area (Å²) < 4.78 is 5.08. The van der Waals surface area contributed by atoms with Gasteiger partial charge < -0.3 is 15.2 Å². The maximum atomic E-state index is 12.7. The van der Waals surface area contributed by atoms with Gasteiger partial charge in [-0.2, -0.15) is 0 Å². The minimum absolute atomic E-state index is 0.0741. The third-order valence-electron chi connectivity index (χ3n) is 3.70. The summed E-state index contributed by atoms with van der Waals surface area (Å²) in [6, 6.07) is 9.23. The van der Waals surface area contributed by atoms with Gasteiger partial charge in [-0.25, -0.2) is 0 Å². The molecule has 3 N–H and O–H groups in total. The maximum Gasteiger partial charge on any atom is 0.248 e. The smallest absolute Gasteiger partial charge is 0.248 e. The van der Waals surface area contributed by atoms with E-state index in [9.17, 15) is 14.4 Å². The molecule has 0 bridgehead atoms. The van der Waals surface area contributed by atoms with Crippen molar-refractivity contribution in [1.29, 1.82) is 0 Å². The van der Waals surface area contributed by atoms with Crippen molar-refractivity contribution in [3.63, 3.8) is 0 Å². The third-order valence-corrected chi connectivity index (χ3v) is 3.70. The van der Waals surface area contributed by atoms with Crippen LogP contribution in [0.15, 0.2) is 45.7 Å². The molecule has 0 spiro atoms. The number of nitrogens with zero attached hydrogens (tertiary/aromatic N) is 1. The Labute approximate surface area is 128 Å². The zero-order valence-corrected chi connectivity index (χ0v) is 11.6. The molecule has 23 heavy (non-hydrogen) atoms. The summed E-state index contributed by atoms with van der Waals surface area (Å²) in [7, 11) is 0. The van der Waals surface area contributed by atoms with E-state index in [1.165, 1.54) is 12.1 Å². The van der Waals surface area contributed by atoms with E-state index < -0.39 is 17.1 Å². The fraction of sp³-hybridized carbons (Fsp3) is 0. The third kappa shape index (κ3) is 1.83. The highest BCUT2D eigenvalue weighted by Crippen LogP contribution is 2.33. The fourth-order valence-corrected chi connectivity index (χ4v) is 2.58. The number of aromatic nitrogens is 2. The number of aromatic amines is 1. The maximum absolute atomic E-state index is 12.7. The average Bonchev–Trinajstić information content (AvgIpc) is 2.98. The second-order valence-electron chi connectivity index (χ2n) is 5.13. The zero-order valence-electron chi connectivity index (χ0n) is 11.6. The van der Waals surface area contributed by atoms with Crippen LogP contribution in [0, 0.1) is 0 Å². The summed E-state index contributed by atoms with van der Waals surface area (Å²) >= 11 is 0. The molecule has 1 aliphatic carbocycles. The second-order valence-corrected chi connectivity index (χ2v) is 5.13. The highest BCUT2D eigenvalue weighted by atomic mass is 16.5. The molecule has 112 valence electrons. The van der Waals surface area contributed by atoms with Gasteiger partial charge in [-0.05, 0) is 18.2 Å². The fourth-order valence-electron chi connectivity index (χ4n) is 2.58. The van der Waals surface area contributed by atoms with E-state index in [-0.39, 0.29) is 28.3 Å². The Morgan fingerprint density at radius 1 is 0.957 bits per heavy atom. The van der Waals surface area contributed by atoms with Gasteiger partial charge in [0.25, 0.3) is 0 Å². The average molecular weight is 307 g/mol. The molecule has 2 aromatic heterocycles. The monoisotopic (exact) mass is 307 g/mol. The number of hydrogen-bond donors (Lipinski definition) is 2. The van der Waals surface area contributed by atoms with Crippen molar-refractivity contribution in [2.24, 2.45) is 0 Å². The highest BCUT2D eigenvalue weighted by molar-refractivity contribution is 6.28. The van der Waals surface area contributed by atoms with Crippen molar-refractivity contribution >= 4 is 17.3 Å². The molecule has 0 amide bonds. The molecular formula is C16H9N3O4. The first-order valence-corrected chi connectivity index (χ1v) is 6.74. The second kappa shape index (κ2) is 4.51. The van der Waals surface area contributed by atoms with Crippen LogP contribution in [0.4, 0.5) is 5.69 Å². The lowest BCUT2D eigenvalue weighted by atomic mass is 9.89. The first-order chi connectivity index (χ1) is 11.1. The van der Waals surface area contributed by atoms with Gasteiger partial charge in [-0.15, -0.1) is 0 Å². The molecule has 7 nitrogen and oxygen atoms in total. The van der Waals surface area contributed by atoms with Crippen LogP contribution in [-0.4, -0.2) is 21.7 Å². The van der Waals surface area contributed by atoms with Gasteiger partial charge >= 0.3 is 0 Å². The number of ketones is 2. The SMILES string of the molecule is Nc1ccc(-c2noc3c2C(=O)c2ccc(=O)[nH]c2C3=O)cc1. The molecule has 7 heteroatoms. The van der Waals surface area contributed by atoms with Crippen LogP contribution in [0.3, 0.4) is 0 Å². The molecule has 0 aliphatic heterocycles. The molecule has 3 aromatic rings. The van der Waals surface area contributed by atoms with Crippen molar-refractivity contribution in [3.05, 3.63) is 69.3 Å². The molecule has 0 unspecified atom stereocenters. The Hall–Kier alpha value is -3.48. The molecule has 0 saturated carbocycles. The van der Waals surface area contributed by atoms with Crippen LogP contribution in [0.1, 0.15) is 32.2 Å². The largest absolute Gasteiger partial charge is 0.399 e. The molecule has 1 aromatic carbocycles. The topological polar surface area (TPSA) is 119 Å². The summed E-state index contributed by atoms with van der Waals surface area (Å²) in [4.78, 5) is 38.9. The first-order valence-electron chi connectivity index (χ1n) is 6.74. The summed E-state index contributed by atoms with van der Waals surface area (Å²) in [6.45, 7) is 0. The summed E-state index contributed by atoms with van der Waals surface area (Å²) in [5, 5.41) is 3.85. The van der Waals surface area contributed by atoms with Gasteiger partial charge in [0, 0.05) is 17.3 Å². The summed E-state index contributed by atoms with van der Waals surface area (Å²) in [5.41, 5.74) is 6.78. The van der Waals surface area contributed by atoms with Crippen LogP contribution >= 0.6 is 0 Å². The number of carbonyl (C=O) groups is 2. The number of nitrogens with two attached hydrogens (primary N) is 1. The van der Waals surface area contributed by atoms with Crippen molar-refractivity contribution in [3.8, 4) is 11.3 Å². The van der Waals surface area contributed by atoms with Crippen molar-refractivity contribution in [2.75, 3.05) is 5.73 Å². The van der Waals surface area contributed by atoms with Crippen LogP contribution in [0.2, 0.25) is 0 Å². The molecule has 4 rings (SSSR count). The van der Waals surface area contributed by atoms with E-state index in [0.29, 0.717) is 11.3 Å². The molecule has 0 saturated heterocycles. The van der Waals surface area contributed by atoms with Crippen molar-refractivity contribution < 1.29 is 14.1 Å². The standard InChI is InChI=1S/C16H9N3O4/c17-8-3-1-7(2-4-8)12-11-14(21)9-5-6-10(20)18-13(9)15(22)16(11)23-19-12/h1-6H,17H2,(H,18,20). The molecule has 1 aliphatic rings. The Kier molecular flexibility index (Phi) is 2.59.